The molecule has 0 radical (unpaired) electrons. The predicted molar refractivity (Wildman–Crippen MR) is 158 cm³/mol. The largest absolute Gasteiger partial charge is 0.491 e. The number of imidazole rings is 1. The zero-order chi connectivity index (χ0) is 28.8. The molecule has 0 aliphatic carbocycles. The van der Waals surface area contributed by atoms with Gasteiger partial charge in [0.25, 0.3) is 0 Å². The minimum Gasteiger partial charge on any atom is -0.491 e. The molecule has 4 aromatic rings. The van der Waals surface area contributed by atoms with E-state index in [-0.39, 0.29) is 12.1 Å². The van der Waals surface area contributed by atoms with E-state index in [1.807, 2.05) is 67.8 Å². The number of rotatable bonds is 10. The van der Waals surface area contributed by atoms with E-state index < -0.39 is 5.60 Å². The molecule has 0 spiro atoms. The zero-order valence-corrected chi connectivity index (χ0v) is 24.0. The number of carbonyl (C=O) groups is 1. The Kier molecular flexibility index (Phi) is 8.53. The predicted octanol–water partition coefficient (Wildman–Crippen LogP) is 5.39. The number of aromatic nitrogens is 4. The number of hydrogen-bond donors (Lipinski definition) is 2. The highest BCUT2D eigenvalue weighted by Crippen LogP contribution is 2.30. The average Bonchev–Trinajstić information content (AvgIpc) is 3.60. The monoisotopic (exact) mass is 559 g/mol. The minimum atomic E-state index is -0.543. The summed E-state index contributed by atoms with van der Waals surface area (Å²) in [7, 11) is 1.64. The number of nitrogens with zero attached hydrogens (tertiary/aromatic N) is 5. The second kappa shape index (κ2) is 12.4. The Labute approximate surface area is 239 Å². The first-order valence-corrected chi connectivity index (χ1v) is 13.8. The minimum absolute atomic E-state index is 0.0146. The van der Waals surface area contributed by atoms with E-state index in [2.05, 4.69) is 27.8 Å². The number of benzene rings is 2. The maximum atomic E-state index is 12.7. The van der Waals surface area contributed by atoms with Crippen molar-refractivity contribution in [1.29, 1.82) is 0 Å². The van der Waals surface area contributed by atoms with Crippen LogP contribution in [0.15, 0.2) is 60.9 Å². The Balaban J connectivity index is 1.40. The summed E-state index contributed by atoms with van der Waals surface area (Å²) in [4.78, 5) is 28.8. The summed E-state index contributed by atoms with van der Waals surface area (Å²) < 4.78 is 18.3. The molecule has 1 aliphatic heterocycles. The van der Waals surface area contributed by atoms with E-state index in [0.29, 0.717) is 55.8 Å². The first kappa shape index (κ1) is 28.2. The highest BCUT2D eigenvalue weighted by molar-refractivity contribution is 5.85. The van der Waals surface area contributed by atoms with Crippen LogP contribution in [-0.2, 0) is 16.0 Å². The Morgan fingerprint density at radius 3 is 2.56 bits per heavy atom. The third-order valence-corrected chi connectivity index (χ3v) is 6.60. The molecule has 11 nitrogen and oxygen atoms in total. The lowest BCUT2D eigenvalue weighted by atomic mass is 10.2. The van der Waals surface area contributed by atoms with Gasteiger partial charge in [0.05, 0.1) is 19.0 Å². The van der Waals surface area contributed by atoms with Crippen LogP contribution in [0.25, 0.3) is 11.2 Å². The van der Waals surface area contributed by atoms with Crippen molar-refractivity contribution in [1.82, 2.24) is 24.4 Å². The standard InChI is InChI=1S/C30H37N7O4/c1-30(2,3)41-29(38)36-15-14-23(19-36)37-20-32-25-26(31-18-21-8-6-5-7-9-21)34-28(35-27(25)37)33-22-10-12-24(13-11-22)40-17-16-39-4/h5-13,20,23H,14-19H2,1-4H3,(H2,31,33,34,35). The van der Waals surface area contributed by atoms with Gasteiger partial charge >= 0.3 is 6.09 Å². The lowest BCUT2D eigenvalue weighted by Gasteiger charge is -2.24. The van der Waals surface area contributed by atoms with Crippen molar-refractivity contribution in [2.24, 2.45) is 0 Å². The third-order valence-electron chi connectivity index (χ3n) is 6.60. The van der Waals surface area contributed by atoms with Gasteiger partial charge in [-0.1, -0.05) is 30.3 Å². The number of anilines is 3. The average molecular weight is 560 g/mol. The molecule has 1 atom stereocenters. The Morgan fingerprint density at radius 2 is 1.83 bits per heavy atom. The molecule has 1 fully saturated rings. The molecule has 41 heavy (non-hydrogen) atoms. The summed E-state index contributed by atoms with van der Waals surface area (Å²) >= 11 is 0. The van der Waals surface area contributed by atoms with Crippen LogP contribution in [0.2, 0.25) is 0 Å². The SMILES string of the molecule is COCCOc1ccc(Nc2nc(NCc3ccccc3)c3ncn(C4CCN(C(=O)OC(C)(C)C)C4)c3n2)cc1. The molecule has 1 unspecified atom stereocenters. The van der Waals surface area contributed by atoms with E-state index >= 15 is 0 Å². The van der Waals surface area contributed by atoms with Gasteiger partial charge in [-0.3, -0.25) is 0 Å². The van der Waals surface area contributed by atoms with Crippen LogP contribution < -0.4 is 15.4 Å². The number of carbonyl (C=O) groups excluding carboxylic acids is 1. The first-order valence-electron chi connectivity index (χ1n) is 13.8. The molecule has 1 amide bonds. The van der Waals surface area contributed by atoms with Gasteiger partial charge in [0.1, 0.15) is 18.0 Å². The number of ether oxygens (including phenoxy) is 3. The molecule has 0 bridgehead atoms. The lowest BCUT2D eigenvalue weighted by molar-refractivity contribution is 0.0289. The Morgan fingerprint density at radius 1 is 1.05 bits per heavy atom. The summed E-state index contributed by atoms with van der Waals surface area (Å²) in [6, 6.07) is 17.7. The summed E-state index contributed by atoms with van der Waals surface area (Å²) in [5.41, 5.74) is 2.76. The van der Waals surface area contributed by atoms with Crippen LogP contribution >= 0.6 is 0 Å². The molecule has 11 heteroatoms. The first-order chi connectivity index (χ1) is 19.8. The summed E-state index contributed by atoms with van der Waals surface area (Å²) in [6.45, 7) is 8.34. The molecule has 2 N–H and O–H groups in total. The molecule has 0 saturated carbocycles. The van der Waals surface area contributed by atoms with Crippen LogP contribution in [0.4, 0.5) is 22.2 Å². The van der Waals surface area contributed by atoms with Crippen LogP contribution in [0.5, 0.6) is 5.75 Å². The molecule has 3 heterocycles. The van der Waals surface area contributed by atoms with Crippen molar-refractivity contribution in [2.75, 3.05) is 44.0 Å². The fourth-order valence-electron chi connectivity index (χ4n) is 4.61. The van der Waals surface area contributed by atoms with Gasteiger partial charge in [-0.2, -0.15) is 9.97 Å². The number of fused-ring (bicyclic) bond motifs is 1. The number of likely N-dealkylation sites (tertiary alicyclic amines) is 1. The third kappa shape index (κ3) is 7.23. The number of hydrogen-bond acceptors (Lipinski definition) is 9. The van der Waals surface area contributed by atoms with Crippen molar-refractivity contribution in [2.45, 2.75) is 45.4 Å². The molecule has 216 valence electrons. The van der Waals surface area contributed by atoms with Gasteiger partial charge in [-0.15, -0.1) is 0 Å². The fraction of sp³-hybridized carbons (Fsp3) is 0.400. The zero-order valence-electron chi connectivity index (χ0n) is 24.0. The van der Waals surface area contributed by atoms with Gasteiger partial charge in [0.15, 0.2) is 17.0 Å². The molecular formula is C30H37N7O4. The number of amides is 1. The van der Waals surface area contributed by atoms with Gasteiger partial charge in [-0.25, -0.2) is 9.78 Å². The fourth-order valence-corrected chi connectivity index (χ4v) is 4.61. The van der Waals surface area contributed by atoms with Crippen LogP contribution in [0.1, 0.15) is 38.8 Å². The van der Waals surface area contributed by atoms with Gasteiger partial charge < -0.3 is 34.3 Å². The normalized spacial score (nSPS) is 15.2. The van der Waals surface area contributed by atoms with E-state index in [0.717, 1.165) is 23.4 Å². The van der Waals surface area contributed by atoms with E-state index in [9.17, 15) is 4.79 Å². The highest BCUT2D eigenvalue weighted by atomic mass is 16.6. The second-order valence-corrected chi connectivity index (χ2v) is 10.9. The molecular weight excluding hydrogens is 522 g/mol. The van der Waals surface area contributed by atoms with Crippen molar-refractivity contribution in [3.8, 4) is 5.75 Å². The van der Waals surface area contributed by atoms with Crippen LogP contribution in [0.3, 0.4) is 0 Å². The molecule has 2 aromatic heterocycles. The van der Waals surface area contributed by atoms with Gasteiger partial charge in [0.2, 0.25) is 5.95 Å². The highest BCUT2D eigenvalue weighted by Gasteiger charge is 2.32. The smallest absolute Gasteiger partial charge is 0.410 e. The van der Waals surface area contributed by atoms with Gasteiger partial charge in [-0.05, 0) is 57.0 Å². The van der Waals surface area contributed by atoms with Crippen molar-refractivity contribution >= 4 is 34.7 Å². The molecule has 2 aromatic carbocycles. The Hall–Kier alpha value is -4.38. The van der Waals surface area contributed by atoms with Crippen LogP contribution in [-0.4, -0.2) is 69.5 Å². The maximum Gasteiger partial charge on any atom is 0.410 e. The summed E-state index contributed by atoms with van der Waals surface area (Å²) in [6.07, 6.45) is 2.25. The number of nitrogens with one attached hydrogen (secondary N) is 2. The van der Waals surface area contributed by atoms with E-state index in [1.165, 1.54) is 0 Å². The molecule has 5 rings (SSSR count). The van der Waals surface area contributed by atoms with Crippen molar-refractivity contribution < 1.29 is 19.0 Å². The molecule has 1 saturated heterocycles. The van der Waals surface area contributed by atoms with Gasteiger partial charge in [0, 0.05) is 32.4 Å². The topological polar surface area (TPSA) is 116 Å². The maximum absolute atomic E-state index is 12.7. The summed E-state index contributed by atoms with van der Waals surface area (Å²) in [5.74, 6) is 1.81. The van der Waals surface area contributed by atoms with Crippen LogP contribution in [0, 0.1) is 0 Å². The number of methoxy groups -OCH3 is 1. The van der Waals surface area contributed by atoms with Crippen molar-refractivity contribution in [3.63, 3.8) is 0 Å². The Bertz CT molecular complexity index is 1450. The van der Waals surface area contributed by atoms with E-state index in [4.69, 9.17) is 24.2 Å². The molecule has 1 aliphatic rings. The summed E-state index contributed by atoms with van der Waals surface area (Å²) in [5, 5.41) is 6.76. The quantitative estimate of drug-likeness (QED) is 0.247. The van der Waals surface area contributed by atoms with Crippen molar-refractivity contribution in [3.05, 3.63) is 66.5 Å². The van der Waals surface area contributed by atoms with E-state index in [1.54, 1.807) is 18.3 Å². The second-order valence-electron chi connectivity index (χ2n) is 10.9. The lowest BCUT2D eigenvalue weighted by Crippen LogP contribution is -2.35.